The van der Waals surface area contributed by atoms with Crippen LogP contribution in [0.2, 0.25) is 0 Å². The van der Waals surface area contributed by atoms with E-state index in [2.05, 4.69) is 14.7 Å². The summed E-state index contributed by atoms with van der Waals surface area (Å²) in [7, 11) is 0. The predicted molar refractivity (Wildman–Crippen MR) is 53.4 cm³/mol. The third-order valence-electron chi connectivity index (χ3n) is 1.99. The molecule has 6 heteroatoms. The summed E-state index contributed by atoms with van der Waals surface area (Å²) in [5.41, 5.74) is 0. The Kier molecular flexibility index (Phi) is 2.66. The summed E-state index contributed by atoms with van der Waals surface area (Å²) in [5.74, 6) is 0.274. The number of hydrogen-bond donors (Lipinski definition) is 1. The van der Waals surface area contributed by atoms with E-state index in [1.54, 1.807) is 0 Å². The fraction of sp³-hybridized carbons (Fsp3) is 0.750. The molecule has 0 radical (unpaired) electrons. The normalized spacial score (nSPS) is 19.9. The highest BCUT2D eigenvalue weighted by atomic mass is 32.1. The number of nitrogens with one attached hydrogen (secondary N) is 1. The van der Waals surface area contributed by atoms with Crippen LogP contribution in [0.5, 0.6) is 0 Å². The molecule has 2 heterocycles. The molecule has 0 saturated carbocycles. The topological polar surface area (TPSA) is 56.3 Å². The predicted octanol–water partition coefficient (Wildman–Crippen LogP) is 1.02. The molecule has 1 N–H and O–H groups in total. The smallest absolute Gasteiger partial charge is 0.202 e. The van der Waals surface area contributed by atoms with Crippen molar-refractivity contribution >= 4 is 16.7 Å². The average molecular weight is 215 g/mol. The van der Waals surface area contributed by atoms with Crippen LogP contribution in [0.1, 0.15) is 12.7 Å². The van der Waals surface area contributed by atoms with Crippen LogP contribution in [0.15, 0.2) is 0 Å². The van der Waals surface area contributed by atoms with Gasteiger partial charge < -0.3 is 14.8 Å². The second-order valence-electron chi connectivity index (χ2n) is 3.33. The standard InChI is InChI=1S/C8H13N3O2S/c1-6-10-7(14-11-6)9-5-8(2)12-3-4-13-8/h3-5H2,1-2H3,(H,9,10,11). The van der Waals surface area contributed by atoms with Crippen LogP contribution >= 0.6 is 11.5 Å². The lowest BCUT2D eigenvalue weighted by atomic mass is 10.3. The van der Waals surface area contributed by atoms with Gasteiger partial charge in [0.25, 0.3) is 0 Å². The van der Waals surface area contributed by atoms with Gasteiger partial charge in [0.05, 0.1) is 19.8 Å². The van der Waals surface area contributed by atoms with Crippen molar-refractivity contribution in [3.63, 3.8) is 0 Å². The number of aryl methyl sites for hydroxylation is 1. The highest BCUT2D eigenvalue weighted by Gasteiger charge is 2.30. The van der Waals surface area contributed by atoms with Gasteiger partial charge in [-0.1, -0.05) is 0 Å². The summed E-state index contributed by atoms with van der Waals surface area (Å²) in [6.07, 6.45) is 0. The van der Waals surface area contributed by atoms with Crippen LogP contribution in [0.3, 0.4) is 0 Å². The molecule has 0 unspecified atom stereocenters. The minimum absolute atomic E-state index is 0.514. The Hall–Kier alpha value is -0.720. The molecule has 2 rings (SSSR count). The number of aromatic nitrogens is 2. The van der Waals surface area contributed by atoms with Gasteiger partial charge in [0.2, 0.25) is 5.13 Å². The maximum absolute atomic E-state index is 5.44. The second kappa shape index (κ2) is 3.80. The van der Waals surface area contributed by atoms with Crippen LogP contribution in [-0.4, -0.2) is 34.9 Å². The molecule has 5 nitrogen and oxygen atoms in total. The number of anilines is 1. The van der Waals surface area contributed by atoms with Gasteiger partial charge in [-0.25, -0.2) is 4.98 Å². The number of hydrogen-bond acceptors (Lipinski definition) is 6. The number of nitrogens with zero attached hydrogens (tertiary/aromatic N) is 2. The molecule has 1 aliphatic rings. The van der Waals surface area contributed by atoms with Gasteiger partial charge in [0.15, 0.2) is 5.79 Å². The average Bonchev–Trinajstić information content (AvgIpc) is 2.73. The van der Waals surface area contributed by atoms with Crippen LogP contribution in [0, 0.1) is 6.92 Å². The van der Waals surface area contributed by atoms with Gasteiger partial charge in [-0.15, -0.1) is 0 Å². The number of rotatable bonds is 3. The lowest BCUT2D eigenvalue weighted by molar-refractivity contribution is -0.129. The Bertz CT molecular complexity index is 309. The summed E-state index contributed by atoms with van der Waals surface area (Å²) in [5, 5.41) is 3.95. The molecule has 0 spiro atoms. The van der Waals surface area contributed by atoms with E-state index >= 15 is 0 Å². The van der Waals surface area contributed by atoms with E-state index in [0.29, 0.717) is 19.8 Å². The SMILES string of the molecule is Cc1nsc(NCC2(C)OCCO2)n1. The fourth-order valence-corrected chi connectivity index (χ4v) is 1.83. The maximum atomic E-state index is 5.44. The van der Waals surface area contributed by atoms with Gasteiger partial charge in [-0.3, -0.25) is 0 Å². The summed E-state index contributed by atoms with van der Waals surface area (Å²) >= 11 is 1.35. The summed E-state index contributed by atoms with van der Waals surface area (Å²) in [4.78, 5) is 4.19. The van der Waals surface area contributed by atoms with Crippen molar-refractivity contribution in [3.8, 4) is 0 Å². The molecule has 1 fully saturated rings. The Morgan fingerprint density at radius 3 is 2.79 bits per heavy atom. The quantitative estimate of drug-likeness (QED) is 0.816. The fourth-order valence-electron chi connectivity index (χ4n) is 1.26. The zero-order valence-corrected chi connectivity index (χ0v) is 9.06. The van der Waals surface area contributed by atoms with Gasteiger partial charge in [-0.05, 0) is 13.8 Å². The molecule has 14 heavy (non-hydrogen) atoms. The van der Waals surface area contributed by atoms with E-state index in [4.69, 9.17) is 9.47 Å². The van der Waals surface area contributed by atoms with E-state index < -0.39 is 5.79 Å². The van der Waals surface area contributed by atoms with Crippen LogP contribution in [0.25, 0.3) is 0 Å². The largest absolute Gasteiger partial charge is 0.355 e. The van der Waals surface area contributed by atoms with Crippen LogP contribution in [-0.2, 0) is 9.47 Å². The van der Waals surface area contributed by atoms with Crippen molar-refractivity contribution in [1.82, 2.24) is 9.36 Å². The third-order valence-corrected chi connectivity index (χ3v) is 2.75. The lowest BCUT2D eigenvalue weighted by Gasteiger charge is -2.21. The van der Waals surface area contributed by atoms with E-state index in [1.165, 1.54) is 11.5 Å². The highest BCUT2D eigenvalue weighted by Crippen LogP contribution is 2.19. The Balaban J connectivity index is 1.87. The van der Waals surface area contributed by atoms with Crippen molar-refractivity contribution in [2.45, 2.75) is 19.6 Å². The van der Waals surface area contributed by atoms with Gasteiger partial charge in [0, 0.05) is 11.5 Å². The van der Waals surface area contributed by atoms with Crippen molar-refractivity contribution in [3.05, 3.63) is 5.82 Å². The van der Waals surface area contributed by atoms with Crippen molar-refractivity contribution < 1.29 is 9.47 Å². The Labute approximate surface area is 86.6 Å². The van der Waals surface area contributed by atoms with Crippen LogP contribution in [0.4, 0.5) is 5.13 Å². The van der Waals surface area contributed by atoms with Crippen molar-refractivity contribution in [2.75, 3.05) is 25.1 Å². The zero-order chi connectivity index (χ0) is 10.0. The molecule has 0 bridgehead atoms. The van der Waals surface area contributed by atoms with E-state index in [-0.39, 0.29) is 0 Å². The second-order valence-corrected chi connectivity index (χ2v) is 4.08. The summed E-state index contributed by atoms with van der Waals surface area (Å²) < 4.78 is 15.0. The van der Waals surface area contributed by atoms with E-state index in [0.717, 1.165) is 11.0 Å². The molecular formula is C8H13N3O2S. The number of ether oxygens (including phenoxy) is 2. The zero-order valence-electron chi connectivity index (χ0n) is 8.24. The first-order chi connectivity index (χ1) is 6.68. The molecule has 1 aromatic rings. The Morgan fingerprint density at radius 2 is 2.21 bits per heavy atom. The summed E-state index contributed by atoms with van der Waals surface area (Å²) in [6, 6.07) is 0. The third kappa shape index (κ3) is 2.20. The molecular weight excluding hydrogens is 202 g/mol. The minimum atomic E-state index is -0.514. The van der Waals surface area contributed by atoms with E-state index in [9.17, 15) is 0 Å². The lowest BCUT2D eigenvalue weighted by Crippen LogP contribution is -2.34. The first-order valence-corrected chi connectivity index (χ1v) is 5.27. The molecule has 78 valence electrons. The van der Waals surface area contributed by atoms with Gasteiger partial charge >= 0.3 is 0 Å². The molecule has 1 saturated heterocycles. The van der Waals surface area contributed by atoms with Gasteiger partial charge in [-0.2, -0.15) is 4.37 Å². The molecule has 0 aliphatic carbocycles. The minimum Gasteiger partial charge on any atom is -0.355 e. The molecule has 1 aliphatic heterocycles. The molecule has 0 amide bonds. The summed E-state index contributed by atoms with van der Waals surface area (Å²) in [6.45, 7) is 5.70. The molecule has 0 aromatic carbocycles. The monoisotopic (exact) mass is 215 g/mol. The van der Waals surface area contributed by atoms with Crippen molar-refractivity contribution in [1.29, 1.82) is 0 Å². The first kappa shape index (κ1) is 9.82. The van der Waals surface area contributed by atoms with E-state index in [1.807, 2.05) is 13.8 Å². The van der Waals surface area contributed by atoms with Crippen LogP contribution < -0.4 is 5.32 Å². The first-order valence-electron chi connectivity index (χ1n) is 4.50. The Morgan fingerprint density at radius 1 is 1.50 bits per heavy atom. The molecule has 1 aromatic heterocycles. The van der Waals surface area contributed by atoms with Gasteiger partial charge in [0.1, 0.15) is 5.82 Å². The highest BCUT2D eigenvalue weighted by molar-refractivity contribution is 7.09. The van der Waals surface area contributed by atoms with Crippen molar-refractivity contribution in [2.24, 2.45) is 0 Å². The maximum Gasteiger partial charge on any atom is 0.202 e. The molecule has 0 atom stereocenters.